The number of aryl methyl sites for hydroxylation is 1. The maximum atomic E-state index is 12.0. The first-order valence-corrected chi connectivity index (χ1v) is 6.60. The van der Waals surface area contributed by atoms with E-state index in [-0.39, 0.29) is 18.3 Å². The van der Waals surface area contributed by atoms with Crippen LogP contribution in [0.1, 0.15) is 11.1 Å². The normalized spacial score (nSPS) is 10.1. The van der Waals surface area contributed by atoms with E-state index in [9.17, 15) is 9.59 Å². The van der Waals surface area contributed by atoms with E-state index >= 15 is 0 Å². The summed E-state index contributed by atoms with van der Waals surface area (Å²) in [6.45, 7) is 3.91. The number of methoxy groups -OCH3 is 1. The van der Waals surface area contributed by atoms with Gasteiger partial charge in [-0.15, -0.1) is 5.10 Å². The summed E-state index contributed by atoms with van der Waals surface area (Å²) in [6, 6.07) is 5.70. The fraction of sp³-hybridized carbons (Fsp3) is 0.286. The molecule has 0 bridgehead atoms. The number of hydrogen-bond donors (Lipinski definition) is 2. The molecular weight excluding hydrogens is 286 g/mol. The van der Waals surface area contributed by atoms with Crippen LogP contribution in [0.3, 0.4) is 0 Å². The Kier molecular flexibility index (Phi) is 4.72. The highest BCUT2D eigenvalue weighted by atomic mass is 16.5. The number of nitrogens with zero attached hydrogens (tertiary/aromatic N) is 3. The van der Waals surface area contributed by atoms with Gasteiger partial charge in [0.15, 0.2) is 5.82 Å². The second-order valence-corrected chi connectivity index (χ2v) is 4.71. The molecule has 0 unspecified atom stereocenters. The van der Waals surface area contributed by atoms with Crippen molar-refractivity contribution >= 4 is 23.5 Å². The number of amides is 2. The van der Waals surface area contributed by atoms with Crippen molar-refractivity contribution in [3.05, 3.63) is 35.5 Å². The summed E-state index contributed by atoms with van der Waals surface area (Å²) in [7, 11) is 1.25. The summed E-state index contributed by atoms with van der Waals surface area (Å²) in [5, 5.41) is 12.7. The molecule has 8 nitrogen and oxygen atoms in total. The molecule has 2 amide bonds. The van der Waals surface area contributed by atoms with Crippen LogP contribution in [0.5, 0.6) is 0 Å². The van der Waals surface area contributed by atoms with Crippen molar-refractivity contribution in [2.24, 2.45) is 0 Å². The molecule has 0 aliphatic carbocycles. The monoisotopic (exact) mass is 303 g/mol. The van der Waals surface area contributed by atoms with Crippen molar-refractivity contribution < 1.29 is 14.3 Å². The highest BCUT2D eigenvalue weighted by Crippen LogP contribution is 2.17. The van der Waals surface area contributed by atoms with Gasteiger partial charge in [-0.25, -0.2) is 9.48 Å². The average molecular weight is 303 g/mol. The topological polar surface area (TPSA) is 98.1 Å². The van der Waals surface area contributed by atoms with Gasteiger partial charge in [0.25, 0.3) is 0 Å². The third-order valence-electron chi connectivity index (χ3n) is 3.14. The molecule has 0 radical (unpaired) electrons. The van der Waals surface area contributed by atoms with Crippen LogP contribution in [0.4, 0.5) is 16.3 Å². The molecule has 22 heavy (non-hydrogen) atoms. The number of benzene rings is 1. The van der Waals surface area contributed by atoms with Crippen molar-refractivity contribution in [1.82, 2.24) is 15.0 Å². The predicted octanol–water partition coefficient (Wildman–Crippen LogP) is 1.71. The summed E-state index contributed by atoms with van der Waals surface area (Å²) < 4.78 is 5.77. The van der Waals surface area contributed by atoms with Gasteiger partial charge < -0.3 is 10.1 Å². The number of anilines is 2. The molecule has 2 rings (SSSR count). The summed E-state index contributed by atoms with van der Waals surface area (Å²) in [5.74, 6) is -0.0189. The van der Waals surface area contributed by atoms with Crippen LogP contribution >= 0.6 is 0 Å². The van der Waals surface area contributed by atoms with E-state index in [1.807, 2.05) is 32.0 Å². The van der Waals surface area contributed by atoms with Crippen molar-refractivity contribution in [3.8, 4) is 0 Å². The number of carbonyl (C=O) groups excluding carboxylic acids is 2. The van der Waals surface area contributed by atoms with E-state index in [2.05, 4.69) is 25.7 Å². The fourth-order valence-corrected chi connectivity index (χ4v) is 1.81. The van der Waals surface area contributed by atoms with Gasteiger partial charge >= 0.3 is 6.09 Å². The summed E-state index contributed by atoms with van der Waals surface area (Å²) >= 11 is 0. The Bertz CT molecular complexity index is 696. The molecule has 2 aromatic rings. The third-order valence-corrected chi connectivity index (χ3v) is 3.14. The van der Waals surface area contributed by atoms with E-state index < -0.39 is 6.09 Å². The maximum Gasteiger partial charge on any atom is 0.412 e. The Morgan fingerprint density at radius 3 is 2.77 bits per heavy atom. The molecule has 0 spiro atoms. The van der Waals surface area contributed by atoms with Crippen LogP contribution in [-0.4, -0.2) is 34.1 Å². The molecule has 0 aliphatic rings. The molecule has 0 saturated carbocycles. The lowest BCUT2D eigenvalue weighted by molar-refractivity contribution is -0.116. The van der Waals surface area contributed by atoms with Crippen LogP contribution in [0, 0.1) is 13.8 Å². The number of carbonyl (C=O) groups is 2. The Morgan fingerprint density at radius 1 is 1.27 bits per heavy atom. The predicted molar refractivity (Wildman–Crippen MR) is 80.6 cm³/mol. The van der Waals surface area contributed by atoms with Gasteiger partial charge in [0.1, 0.15) is 6.54 Å². The van der Waals surface area contributed by atoms with Gasteiger partial charge in [0.2, 0.25) is 5.91 Å². The van der Waals surface area contributed by atoms with Gasteiger partial charge in [-0.05, 0) is 31.0 Å². The quantitative estimate of drug-likeness (QED) is 0.896. The van der Waals surface area contributed by atoms with E-state index in [4.69, 9.17) is 0 Å². The molecule has 0 aliphatic heterocycles. The van der Waals surface area contributed by atoms with E-state index in [1.165, 1.54) is 18.0 Å². The van der Waals surface area contributed by atoms with Crippen LogP contribution in [0.15, 0.2) is 24.4 Å². The zero-order valence-electron chi connectivity index (χ0n) is 12.6. The van der Waals surface area contributed by atoms with E-state index in [0.29, 0.717) is 0 Å². The summed E-state index contributed by atoms with van der Waals surface area (Å²) in [5.41, 5.74) is 2.88. The van der Waals surface area contributed by atoms with Gasteiger partial charge in [-0.1, -0.05) is 17.3 Å². The van der Waals surface area contributed by atoms with Crippen LogP contribution in [0.25, 0.3) is 0 Å². The smallest absolute Gasteiger partial charge is 0.412 e. The third kappa shape index (κ3) is 3.81. The minimum absolute atomic E-state index is 0.0107. The molecule has 0 fully saturated rings. The molecule has 0 atom stereocenters. The fourth-order valence-electron chi connectivity index (χ4n) is 1.81. The first kappa shape index (κ1) is 15.5. The van der Waals surface area contributed by atoms with Crippen LogP contribution < -0.4 is 10.6 Å². The minimum Gasteiger partial charge on any atom is -0.453 e. The Hall–Kier alpha value is -2.90. The highest BCUT2D eigenvalue weighted by Gasteiger charge is 2.10. The van der Waals surface area contributed by atoms with Gasteiger partial charge in [-0.2, -0.15) is 0 Å². The minimum atomic E-state index is -0.646. The molecule has 1 aromatic carbocycles. The summed E-state index contributed by atoms with van der Waals surface area (Å²) in [4.78, 5) is 23.1. The zero-order chi connectivity index (χ0) is 16.1. The molecule has 0 saturated heterocycles. The Balaban J connectivity index is 1.97. The molecular formula is C14H17N5O3. The SMILES string of the molecule is COC(=O)Nc1cn(CC(=O)Nc2cccc(C)c2C)nn1. The zero-order valence-corrected chi connectivity index (χ0v) is 12.6. The molecule has 1 heterocycles. The highest BCUT2D eigenvalue weighted by molar-refractivity contribution is 5.91. The number of hydrogen-bond acceptors (Lipinski definition) is 5. The maximum absolute atomic E-state index is 12.0. The average Bonchev–Trinajstić information content (AvgIpc) is 2.90. The Labute approximate surface area is 127 Å². The first-order valence-electron chi connectivity index (χ1n) is 6.60. The number of nitrogens with one attached hydrogen (secondary N) is 2. The van der Waals surface area contributed by atoms with Crippen LogP contribution in [0.2, 0.25) is 0 Å². The molecule has 1 aromatic heterocycles. The van der Waals surface area contributed by atoms with Crippen LogP contribution in [-0.2, 0) is 16.1 Å². The lowest BCUT2D eigenvalue weighted by Crippen LogP contribution is -2.19. The summed E-state index contributed by atoms with van der Waals surface area (Å²) in [6.07, 6.45) is 0.798. The van der Waals surface area contributed by atoms with Crippen molar-refractivity contribution in [3.63, 3.8) is 0 Å². The number of aromatic nitrogens is 3. The second-order valence-electron chi connectivity index (χ2n) is 4.71. The standard InChI is InChI=1S/C14H17N5O3/c1-9-5-4-6-11(10(9)2)15-13(20)8-19-7-12(17-18-19)16-14(21)22-3/h4-7H,8H2,1-3H3,(H,15,20)(H,16,21). The molecule has 8 heteroatoms. The van der Waals surface area contributed by atoms with Crippen molar-refractivity contribution in [2.45, 2.75) is 20.4 Å². The molecule has 2 N–H and O–H groups in total. The number of rotatable bonds is 4. The van der Waals surface area contributed by atoms with Gasteiger partial charge in [-0.3, -0.25) is 10.1 Å². The largest absolute Gasteiger partial charge is 0.453 e. The van der Waals surface area contributed by atoms with Gasteiger partial charge in [0, 0.05) is 5.69 Å². The lowest BCUT2D eigenvalue weighted by Gasteiger charge is -2.10. The van der Waals surface area contributed by atoms with Crippen molar-refractivity contribution in [2.75, 3.05) is 17.7 Å². The van der Waals surface area contributed by atoms with E-state index in [1.54, 1.807) is 0 Å². The van der Waals surface area contributed by atoms with E-state index in [0.717, 1.165) is 16.8 Å². The molecule has 116 valence electrons. The first-order chi connectivity index (χ1) is 10.5. The van der Waals surface area contributed by atoms with Gasteiger partial charge in [0.05, 0.1) is 13.3 Å². The van der Waals surface area contributed by atoms with Crippen molar-refractivity contribution in [1.29, 1.82) is 0 Å². The Morgan fingerprint density at radius 2 is 2.05 bits per heavy atom. The lowest BCUT2D eigenvalue weighted by atomic mass is 10.1. The second kappa shape index (κ2) is 6.70. The number of ether oxygens (including phenoxy) is 1.